The second-order valence-corrected chi connectivity index (χ2v) is 4.83. The van der Waals surface area contributed by atoms with Gasteiger partial charge in [0.25, 0.3) is 0 Å². The van der Waals surface area contributed by atoms with Gasteiger partial charge in [-0.1, -0.05) is 18.2 Å². The molecule has 23 heavy (non-hydrogen) atoms. The third-order valence-electron chi connectivity index (χ3n) is 3.55. The quantitative estimate of drug-likeness (QED) is 0.321. The van der Waals surface area contributed by atoms with Crippen molar-refractivity contribution < 1.29 is 39.8 Å². The van der Waals surface area contributed by atoms with Crippen molar-refractivity contribution in [3.63, 3.8) is 0 Å². The average molecular weight is 318 g/mol. The summed E-state index contributed by atoms with van der Waals surface area (Å²) in [5, 5.41) is 37.9. The molecule has 0 spiro atoms. The first-order chi connectivity index (χ1) is 11.0. The minimum Gasteiger partial charge on any atom is -0.504 e. The number of hydrogen-bond acceptors (Lipinski definition) is 7. The molecular formula is C15H10O8. The van der Waals surface area contributed by atoms with Crippen LogP contribution in [0.15, 0.2) is 24.3 Å². The van der Waals surface area contributed by atoms with Gasteiger partial charge in [0.1, 0.15) is 11.3 Å². The number of fused-ring (bicyclic) bond motifs is 2. The molecule has 0 aliphatic carbocycles. The molecule has 0 radical (unpaired) electrons. The van der Waals surface area contributed by atoms with E-state index in [4.69, 9.17) is 9.99 Å². The molecule has 4 N–H and O–H groups in total. The molecule has 0 bridgehead atoms. The van der Waals surface area contributed by atoms with E-state index in [1.807, 2.05) is 0 Å². The van der Waals surface area contributed by atoms with Gasteiger partial charge in [0.05, 0.1) is 5.56 Å². The maximum absolute atomic E-state index is 11.6. The number of para-hydroxylation sites is 1. The summed E-state index contributed by atoms with van der Waals surface area (Å²) in [6, 6.07) is 6.72. The summed E-state index contributed by atoms with van der Waals surface area (Å²) in [6.45, 7) is 0. The molecule has 0 aromatic heterocycles. The van der Waals surface area contributed by atoms with Gasteiger partial charge >= 0.3 is 11.9 Å². The SMILES string of the molecule is O=C(OO)c1c(O)c(O)c2c(c1C(=O)O)Cc1ccccc1O2. The summed E-state index contributed by atoms with van der Waals surface area (Å²) >= 11 is 0. The van der Waals surface area contributed by atoms with Gasteiger partial charge in [-0.2, -0.15) is 5.26 Å². The lowest BCUT2D eigenvalue weighted by Gasteiger charge is -2.24. The minimum atomic E-state index is -1.54. The summed E-state index contributed by atoms with van der Waals surface area (Å²) in [4.78, 5) is 26.7. The first kappa shape index (κ1) is 14.7. The lowest BCUT2D eigenvalue weighted by atomic mass is 9.91. The minimum absolute atomic E-state index is 0.00750. The Morgan fingerprint density at radius 1 is 1.09 bits per heavy atom. The van der Waals surface area contributed by atoms with Crippen molar-refractivity contribution in [1.82, 2.24) is 0 Å². The molecule has 1 heterocycles. The molecule has 0 saturated heterocycles. The number of aromatic carboxylic acids is 1. The zero-order chi connectivity index (χ0) is 16.7. The van der Waals surface area contributed by atoms with Gasteiger partial charge < -0.3 is 20.1 Å². The second-order valence-electron chi connectivity index (χ2n) is 4.83. The highest BCUT2D eigenvalue weighted by Crippen LogP contribution is 2.49. The summed E-state index contributed by atoms with van der Waals surface area (Å²) in [5.74, 6) is -4.76. The molecule has 2 aromatic rings. The smallest absolute Gasteiger partial charge is 0.377 e. The van der Waals surface area contributed by atoms with E-state index in [-0.39, 0.29) is 17.7 Å². The van der Waals surface area contributed by atoms with Crippen molar-refractivity contribution in [2.24, 2.45) is 0 Å². The fourth-order valence-electron chi connectivity index (χ4n) is 2.56. The highest BCUT2D eigenvalue weighted by molar-refractivity contribution is 6.07. The Morgan fingerprint density at radius 2 is 1.78 bits per heavy atom. The molecule has 1 aliphatic rings. The van der Waals surface area contributed by atoms with Crippen LogP contribution >= 0.6 is 0 Å². The molecule has 0 saturated carbocycles. The zero-order valence-corrected chi connectivity index (χ0v) is 11.4. The first-order valence-corrected chi connectivity index (χ1v) is 6.41. The first-order valence-electron chi connectivity index (χ1n) is 6.41. The van der Waals surface area contributed by atoms with Crippen LogP contribution in [0.2, 0.25) is 0 Å². The van der Waals surface area contributed by atoms with E-state index in [9.17, 15) is 24.9 Å². The van der Waals surface area contributed by atoms with E-state index >= 15 is 0 Å². The van der Waals surface area contributed by atoms with Crippen molar-refractivity contribution in [1.29, 1.82) is 0 Å². The predicted octanol–water partition coefficient (Wildman–Crippen LogP) is 2.12. The standard InChI is InChI=1S/C15H10O8/c16-11-10(15(20)23-21)9(14(18)19)7-5-6-3-1-2-4-8(6)22-13(7)12(11)17/h1-4,16-17,21H,5H2,(H,18,19). The Labute approximate surface area is 128 Å². The number of carbonyl (C=O) groups excluding carboxylic acids is 1. The van der Waals surface area contributed by atoms with E-state index < -0.39 is 34.6 Å². The molecule has 1 aliphatic heterocycles. The van der Waals surface area contributed by atoms with E-state index in [1.54, 1.807) is 24.3 Å². The Kier molecular flexibility index (Phi) is 3.30. The maximum atomic E-state index is 11.6. The van der Waals surface area contributed by atoms with E-state index in [1.165, 1.54) is 0 Å². The number of ether oxygens (including phenoxy) is 1. The number of aromatic hydroxyl groups is 2. The molecular weight excluding hydrogens is 308 g/mol. The van der Waals surface area contributed by atoms with Crippen LogP contribution in [-0.2, 0) is 11.3 Å². The monoisotopic (exact) mass is 318 g/mol. The molecule has 2 aromatic carbocycles. The number of carbonyl (C=O) groups is 2. The van der Waals surface area contributed by atoms with Crippen LogP contribution in [0.4, 0.5) is 0 Å². The molecule has 3 rings (SSSR count). The number of phenols is 2. The van der Waals surface area contributed by atoms with Gasteiger partial charge in [-0.3, -0.25) is 4.89 Å². The van der Waals surface area contributed by atoms with Gasteiger partial charge in [-0.25, -0.2) is 9.59 Å². The zero-order valence-electron chi connectivity index (χ0n) is 11.4. The Morgan fingerprint density at radius 3 is 2.43 bits per heavy atom. The Balaban J connectivity index is 2.33. The lowest BCUT2D eigenvalue weighted by molar-refractivity contribution is -0.183. The van der Waals surface area contributed by atoms with Gasteiger partial charge in [0, 0.05) is 12.0 Å². The fraction of sp³-hybridized carbons (Fsp3) is 0.0667. The van der Waals surface area contributed by atoms with Crippen molar-refractivity contribution in [2.75, 3.05) is 0 Å². The van der Waals surface area contributed by atoms with Crippen molar-refractivity contribution >= 4 is 11.9 Å². The normalized spacial score (nSPS) is 11.9. The number of rotatable bonds is 2. The molecule has 8 heteroatoms. The van der Waals surface area contributed by atoms with Crippen molar-refractivity contribution in [3.8, 4) is 23.0 Å². The molecule has 8 nitrogen and oxygen atoms in total. The highest BCUT2D eigenvalue weighted by atomic mass is 17.1. The number of carboxylic acids is 1. The number of carboxylic acid groups (broad SMARTS) is 1. The highest BCUT2D eigenvalue weighted by Gasteiger charge is 2.35. The van der Waals surface area contributed by atoms with Gasteiger partial charge in [0.2, 0.25) is 5.75 Å². The summed E-state index contributed by atoms with van der Waals surface area (Å²) < 4.78 is 5.46. The summed E-state index contributed by atoms with van der Waals surface area (Å²) in [5.41, 5.74) is -0.828. The second kappa shape index (κ2) is 5.18. The van der Waals surface area contributed by atoms with Crippen LogP contribution in [0.25, 0.3) is 0 Å². The molecule has 0 amide bonds. The summed E-state index contributed by atoms with van der Waals surface area (Å²) in [6.07, 6.45) is 0.0483. The topological polar surface area (TPSA) is 134 Å². The fourth-order valence-corrected chi connectivity index (χ4v) is 2.56. The lowest BCUT2D eigenvalue weighted by Crippen LogP contribution is -2.17. The third kappa shape index (κ3) is 2.12. The van der Waals surface area contributed by atoms with Gasteiger partial charge in [0.15, 0.2) is 11.5 Å². The molecule has 0 atom stereocenters. The van der Waals surface area contributed by atoms with E-state index in [2.05, 4.69) is 4.89 Å². The van der Waals surface area contributed by atoms with Crippen LogP contribution in [0.1, 0.15) is 31.8 Å². The maximum Gasteiger partial charge on any atom is 0.377 e. The van der Waals surface area contributed by atoms with E-state index in [0.29, 0.717) is 11.3 Å². The van der Waals surface area contributed by atoms with Gasteiger partial charge in [-0.05, 0) is 11.6 Å². The van der Waals surface area contributed by atoms with Crippen molar-refractivity contribution in [3.05, 3.63) is 46.5 Å². The number of hydrogen-bond donors (Lipinski definition) is 4. The number of benzene rings is 2. The van der Waals surface area contributed by atoms with Crippen molar-refractivity contribution in [2.45, 2.75) is 6.42 Å². The molecule has 0 fully saturated rings. The average Bonchev–Trinajstić information content (AvgIpc) is 2.55. The largest absolute Gasteiger partial charge is 0.504 e. The predicted molar refractivity (Wildman–Crippen MR) is 74.1 cm³/mol. The van der Waals surface area contributed by atoms with Crippen LogP contribution in [0.3, 0.4) is 0 Å². The Bertz CT molecular complexity index is 840. The van der Waals surface area contributed by atoms with E-state index in [0.717, 1.165) is 0 Å². The Hall–Kier alpha value is -3.26. The number of phenolic OH excluding ortho intramolecular Hbond substituents is 2. The van der Waals surface area contributed by atoms with Crippen LogP contribution < -0.4 is 4.74 Å². The summed E-state index contributed by atoms with van der Waals surface area (Å²) in [7, 11) is 0. The van der Waals surface area contributed by atoms with Crippen LogP contribution in [0.5, 0.6) is 23.0 Å². The van der Waals surface area contributed by atoms with Gasteiger partial charge in [-0.15, -0.1) is 0 Å². The molecule has 118 valence electrons. The van der Waals surface area contributed by atoms with Crippen LogP contribution in [0, 0.1) is 0 Å². The third-order valence-corrected chi connectivity index (χ3v) is 3.55. The van der Waals surface area contributed by atoms with Crippen LogP contribution in [-0.4, -0.2) is 32.5 Å². The molecule has 0 unspecified atom stereocenters.